The fourth-order valence-electron chi connectivity index (χ4n) is 2.13. The van der Waals surface area contributed by atoms with E-state index in [1.165, 1.54) is 6.26 Å². The Bertz CT molecular complexity index is 902. The van der Waals surface area contributed by atoms with Crippen LogP contribution in [0, 0.1) is 0 Å². The van der Waals surface area contributed by atoms with Gasteiger partial charge < -0.3 is 15.5 Å². The summed E-state index contributed by atoms with van der Waals surface area (Å²) in [6, 6.07) is 13.9. The number of aromatic nitrogens is 1. The summed E-state index contributed by atoms with van der Waals surface area (Å²) in [5.74, 6) is -0.358. The highest BCUT2D eigenvalue weighted by atomic mass is 79.9. The van der Waals surface area contributed by atoms with Crippen LogP contribution in [0.15, 0.2) is 63.7 Å². The Kier molecular flexibility index (Phi) is 4.95. The van der Waals surface area contributed by atoms with Gasteiger partial charge in [0.15, 0.2) is 11.5 Å². The van der Waals surface area contributed by atoms with Gasteiger partial charge in [-0.2, -0.15) is 0 Å². The Hall–Kier alpha value is -2.93. The van der Waals surface area contributed by atoms with Crippen LogP contribution in [0.3, 0.4) is 0 Å². The van der Waals surface area contributed by atoms with Gasteiger partial charge in [0.2, 0.25) is 5.89 Å². The monoisotopic (exact) mass is 399 g/mol. The van der Waals surface area contributed by atoms with Gasteiger partial charge in [0, 0.05) is 21.3 Å². The fraction of sp³-hybridized carbons (Fsp3) is 0.0556. The Morgan fingerprint density at radius 3 is 2.44 bits per heavy atom. The highest BCUT2D eigenvalue weighted by molar-refractivity contribution is 9.10. The van der Waals surface area contributed by atoms with Crippen molar-refractivity contribution in [3.8, 4) is 11.5 Å². The number of nitrogens with one attached hydrogen (secondary N) is 1. The van der Waals surface area contributed by atoms with Crippen molar-refractivity contribution in [1.29, 1.82) is 0 Å². The Balaban J connectivity index is 1.63. The molecule has 0 aliphatic rings. The molecular weight excluding hydrogens is 386 g/mol. The third-order valence-corrected chi connectivity index (χ3v) is 4.00. The molecule has 2 aromatic carbocycles. The number of nitrogens with two attached hydrogens (primary N) is 1. The Morgan fingerprint density at radius 2 is 1.76 bits per heavy atom. The first-order valence-corrected chi connectivity index (χ1v) is 8.20. The number of rotatable bonds is 5. The number of nitrogens with zero attached hydrogens (tertiary/aromatic N) is 1. The van der Waals surface area contributed by atoms with Crippen LogP contribution in [0.5, 0.6) is 0 Å². The molecule has 0 unspecified atom stereocenters. The maximum absolute atomic E-state index is 12.1. The summed E-state index contributed by atoms with van der Waals surface area (Å²) in [6.45, 7) is -0.121. The van der Waals surface area contributed by atoms with E-state index in [1.807, 2.05) is 0 Å². The SMILES string of the molecule is Nc1ccc(-c2nc(C(=O)NCC(=O)c3ccc(Br)cc3)co2)cc1. The zero-order valence-electron chi connectivity index (χ0n) is 13.0. The molecule has 0 bridgehead atoms. The van der Waals surface area contributed by atoms with Crippen LogP contribution in [-0.4, -0.2) is 23.2 Å². The van der Waals surface area contributed by atoms with Crippen LogP contribution in [0.25, 0.3) is 11.5 Å². The largest absolute Gasteiger partial charge is 0.444 e. The Labute approximate surface area is 152 Å². The highest BCUT2D eigenvalue weighted by Gasteiger charge is 2.15. The van der Waals surface area contributed by atoms with Crippen LogP contribution in [-0.2, 0) is 0 Å². The van der Waals surface area contributed by atoms with E-state index in [0.29, 0.717) is 22.7 Å². The van der Waals surface area contributed by atoms with E-state index in [4.69, 9.17) is 10.2 Å². The van der Waals surface area contributed by atoms with E-state index in [2.05, 4.69) is 26.2 Å². The first-order chi connectivity index (χ1) is 12.0. The maximum Gasteiger partial charge on any atom is 0.273 e. The molecule has 0 atom stereocenters. The number of amides is 1. The molecule has 0 aliphatic heterocycles. The third kappa shape index (κ3) is 4.13. The van der Waals surface area contributed by atoms with Crippen molar-refractivity contribution in [3.05, 3.63) is 70.5 Å². The van der Waals surface area contributed by atoms with E-state index in [1.54, 1.807) is 48.5 Å². The number of carbonyl (C=O) groups excluding carboxylic acids is 2. The van der Waals surface area contributed by atoms with Gasteiger partial charge in [-0.05, 0) is 36.4 Å². The van der Waals surface area contributed by atoms with E-state index < -0.39 is 5.91 Å². The van der Waals surface area contributed by atoms with Gasteiger partial charge in [-0.25, -0.2) is 4.98 Å². The second-order valence-corrected chi connectivity index (χ2v) is 6.19. The lowest BCUT2D eigenvalue weighted by Gasteiger charge is -2.03. The minimum Gasteiger partial charge on any atom is -0.444 e. The number of hydrogen-bond acceptors (Lipinski definition) is 5. The predicted octanol–water partition coefficient (Wildman–Crippen LogP) is 3.30. The van der Waals surface area contributed by atoms with Crippen LogP contribution < -0.4 is 11.1 Å². The average molecular weight is 400 g/mol. The van der Waals surface area contributed by atoms with E-state index in [9.17, 15) is 9.59 Å². The summed E-state index contributed by atoms with van der Waals surface area (Å²) in [4.78, 5) is 28.3. The molecule has 0 fully saturated rings. The molecule has 0 saturated heterocycles. The number of benzene rings is 2. The van der Waals surface area contributed by atoms with Crippen LogP contribution in [0.2, 0.25) is 0 Å². The molecule has 1 aromatic heterocycles. The molecule has 0 spiro atoms. The molecule has 0 aliphatic carbocycles. The van der Waals surface area contributed by atoms with Crippen molar-refractivity contribution in [1.82, 2.24) is 10.3 Å². The fourth-order valence-corrected chi connectivity index (χ4v) is 2.39. The molecule has 7 heteroatoms. The average Bonchev–Trinajstić information content (AvgIpc) is 3.11. The van der Waals surface area contributed by atoms with Gasteiger partial charge in [0.1, 0.15) is 6.26 Å². The number of halogens is 1. The number of anilines is 1. The minimum atomic E-state index is -0.476. The van der Waals surface area contributed by atoms with Crippen molar-refractivity contribution < 1.29 is 14.0 Å². The molecule has 3 aromatic rings. The van der Waals surface area contributed by atoms with Crippen molar-refractivity contribution in [2.45, 2.75) is 0 Å². The summed E-state index contributed by atoms with van der Waals surface area (Å²) in [5.41, 5.74) is 7.59. The van der Waals surface area contributed by atoms with Crippen molar-refractivity contribution in [3.63, 3.8) is 0 Å². The second kappa shape index (κ2) is 7.31. The number of nitrogen functional groups attached to an aromatic ring is 1. The van der Waals surface area contributed by atoms with Gasteiger partial charge in [-0.15, -0.1) is 0 Å². The number of oxazole rings is 1. The Morgan fingerprint density at radius 1 is 1.08 bits per heavy atom. The quantitative estimate of drug-likeness (QED) is 0.506. The van der Waals surface area contributed by atoms with Gasteiger partial charge >= 0.3 is 0 Å². The molecule has 6 nitrogen and oxygen atoms in total. The van der Waals surface area contributed by atoms with Crippen molar-refractivity contribution in [2.75, 3.05) is 12.3 Å². The van der Waals surface area contributed by atoms with E-state index in [0.717, 1.165) is 4.47 Å². The lowest BCUT2D eigenvalue weighted by atomic mass is 10.1. The van der Waals surface area contributed by atoms with Crippen molar-refractivity contribution in [2.24, 2.45) is 0 Å². The second-order valence-electron chi connectivity index (χ2n) is 5.27. The molecule has 3 N–H and O–H groups in total. The molecular formula is C18H14BrN3O3. The van der Waals surface area contributed by atoms with Crippen molar-refractivity contribution >= 4 is 33.3 Å². The number of ketones is 1. The highest BCUT2D eigenvalue weighted by Crippen LogP contribution is 2.19. The smallest absolute Gasteiger partial charge is 0.273 e. The van der Waals surface area contributed by atoms with E-state index in [-0.39, 0.29) is 18.0 Å². The summed E-state index contributed by atoms with van der Waals surface area (Å²) in [7, 11) is 0. The molecule has 1 heterocycles. The first-order valence-electron chi connectivity index (χ1n) is 7.41. The topological polar surface area (TPSA) is 98.2 Å². The zero-order valence-corrected chi connectivity index (χ0v) is 14.6. The lowest BCUT2D eigenvalue weighted by Crippen LogP contribution is -2.29. The molecule has 126 valence electrons. The van der Waals surface area contributed by atoms with Gasteiger partial charge in [-0.3, -0.25) is 9.59 Å². The van der Waals surface area contributed by atoms with Gasteiger partial charge in [-0.1, -0.05) is 28.1 Å². The third-order valence-electron chi connectivity index (χ3n) is 3.47. The minimum absolute atomic E-state index is 0.107. The first kappa shape index (κ1) is 16.9. The van der Waals surface area contributed by atoms with Crippen LogP contribution >= 0.6 is 15.9 Å². The summed E-state index contributed by atoms with van der Waals surface area (Å²) in [6.07, 6.45) is 1.26. The zero-order chi connectivity index (χ0) is 17.8. The van der Waals surface area contributed by atoms with Gasteiger partial charge in [0.25, 0.3) is 5.91 Å². The van der Waals surface area contributed by atoms with Gasteiger partial charge in [0.05, 0.1) is 6.54 Å². The van der Waals surface area contributed by atoms with Crippen LogP contribution in [0.4, 0.5) is 5.69 Å². The summed E-state index contributed by atoms with van der Waals surface area (Å²) in [5, 5.41) is 2.54. The van der Waals surface area contributed by atoms with Crippen LogP contribution in [0.1, 0.15) is 20.8 Å². The standard InChI is InChI=1S/C18H14BrN3O3/c19-13-5-1-11(2-6-13)16(23)9-21-17(24)15-10-25-18(22-15)12-3-7-14(20)8-4-12/h1-8,10H,9,20H2,(H,21,24). The number of hydrogen-bond donors (Lipinski definition) is 2. The molecule has 1 amide bonds. The molecule has 3 rings (SSSR count). The molecule has 0 saturated carbocycles. The predicted molar refractivity (Wildman–Crippen MR) is 97.2 cm³/mol. The molecule has 0 radical (unpaired) electrons. The number of carbonyl (C=O) groups is 2. The number of Topliss-reactive ketones (excluding diaryl/α,β-unsaturated/α-hetero) is 1. The van der Waals surface area contributed by atoms with E-state index >= 15 is 0 Å². The summed E-state index contributed by atoms with van der Waals surface area (Å²) >= 11 is 3.31. The molecule has 25 heavy (non-hydrogen) atoms. The maximum atomic E-state index is 12.1. The normalized spacial score (nSPS) is 10.4. The summed E-state index contributed by atoms with van der Waals surface area (Å²) < 4.78 is 6.19. The lowest BCUT2D eigenvalue weighted by molar-refractivity contribution is 0.0901.